The number of piperidine rings is 1. The van der Waals surface area contributed by atoms with Crippen LogP contribution in [-0.2, 0) is 16.1 Å². The molecule has 0 aliphatic carbocycles. The molecule has 144 valence electrons. The Hall–Kier alpha value is -3.11. The first-order valence-electron chi connectivity index (χ1n) is 8.96. The van der Waals surface area contributed by atoms with Crippen molar-refractivity contribution >= 4 is 11.5 Å². The molecule has 0 saturated carbocycles. The Morgan fingerprint density at radius 2 is 1.89 bits per heavy atom. The maximum absolute atomic E-state index is 13.7. The molecule has 28 heavy (non-hydrogen) atoms. The lowest BCUT2D eigenvalue weighted by molar-refractivity contribution is -0.130. The van der Waals surface area contributed by atoms with E-state index in [0.29, 0.717) is 24.0 Å². The first-order valence-corrected chi connectivity index (χ1v) is 8.96. The number of rotatable bonds is 6. The molecule has 1 aliphatic rings. The molecule has 0 aromatic heterocycles. The number of Topliss-reactive ketones (excluding diaryl/α,β-unsaturated/α-hetero) is 1. The number of ketones is 1. The summed E-state index contributed by atoms with van der Waals surface area (Å²) in [5.74, 6) is -1.38. The van der Waals surface area contributed by atoms with Crippen LogP contribution in [0.5, 0.6) is 0 Å². The second-order valence-electron chi connectivity index (χ2n) is 6.51. The van der Waals surface area contributed by atoms with Gasteiger partial charge >= 0.3 is 0 Å². The highest BCUT2D eigenvalue weighted by atomic mass is 19.1. The monoisotopic (exact) mass is 383 g/mol. The third-order valence-corrected chi connectivity index (χ3v) is 4.47. The number of nitriles is 1. The summed E-state index contributed by atoms with van der Waals surface area (Å²) in [6.45, 7) is 1.57. The van der Waals surface area contributed by atoms with Gasteiger partial charge in [0.05, 0.1) is 11.3 Å². The van der Waals surface area contributed by atoms with Crippen molar-refractivity contribution in [2.45, 2.75) is 25.4 Å². The van der Waals surface area contributed by atoms with Gasteiger partial charge in [-0.2, -0.15) is 5.26 Å². The minimum Gasteiger partial charge on any atom is -0.380 e. The van der Waals surface area contributed by atoms with Crippen LogP contribution in [0.1, 0.15) is 35.6 Å². The van der Waals surface area contributed by atoms with Crippen molar-refractivity contribution in [3.05, 3.63) is 70.8 Å². The highest BCUT2D eigenvalue weighted by Gasteiger charge is 2.24. The van der Waals surface area contributed by atoms with Crippen LogP contribution in [0.25, 0.3) is 0 Å². The summed E-state index contributed by atoms with van der Waals surface area (Å²) in [5.41, 5.74) is 1.64. The number of oxime groups is 1. The standard InChI is InChI=1S/C21H19F2N3O2/c22-17-4-1-14(2-5-17)11-20(27)21(28-26-18-7-9-25-10-8-18)15-3-6-19(23)16(12-15)13-24/h1-6,12,21,25H,7-11H2. The molecule has 0 spiro atoms. The summed E-state index contributed by atoms with van der Waals surface area (Å²) in [7, 11) is 0. The Morgan fingerprint density at radius 1 is 1.18 bits per heavy atom. The van der Waals surface area contributed by atoms with Gasteiger partial charge in [-0.25, -0.2) is 8.78 Å². The molecule has 1 unspecified atom stereocenters. The van der Waals surface area contributed by atoms with E-state index in [1.54, 1.807) is 6.07 Å². The number of benzene rings is 2. The Kier molecular flexibility index (Phi) is 6.45. The van der Waals surface area contributed by atoms with E-state index in [9.17, 15) is 13.6 Å². The summed E-state index contributed by atoms with van der Waals surface area (Å²) < 4.78 is 26.8. The largest absolute Gasteiger partial charge is 0.380 e. The summed E-state index contributed by atoms with van der Waals surface area (Å²) in [6.07, 6.45) is 0.341. The maximum atomic E-state index is 13.7. The Balaban J connectivity index is 1.85. The maximum Gasteiger partial charge on any atom is 0.210 e. The number of nitrogens with zero attached hydrogens (tertiary/aromatic N) is 2. The van der Waals surface area contributed by atoms with Crippen LogP contribution >= 0.6 is 0 Å². The molecule has 1 atom stereocenters. The molecule has 3 rings (SSSR count). The Labute approximate surface area is 161 Å². The van der Waals surface area contributed by atoms with E-state index in [2.05, 4.69) is 10.5 Å². The van der Waals surface area contributed by atoms with Crippen LogP contribution < -0.4 is 5.32 Å². The van der Waals surface area contributed by atoms with Crippen molar-refractivity contribution in [1.29, 1.82) is 5.26 Å². The van der Waals surface area contributed by atoms with Crippen LogP contribution in [-0.4, -0.2) is 24.6 Å². The molecule has 1 fully saturated rings. The molecule has 0 amide bonds. The van der Waals surface area contributed by atoms with Crippen LogP contribution in [0, 0.1) is 23.0 Å². The van der Waals surface area contributed by atoms with Gasteiger partial charge in [0.2, 0.25) is 6.10 Å². The number of nitrogens with one attached hydrogen (secondary N) is 1. The average molecular weight is 383 g/mol. The molecule has 0 bridgehead atoms. The Morgan fingerprint density at radius 3 is 2.57 bits per heavy atom. The SMILES string of the molecule is N#Cc1cc(C(ON=C2CCNCC2)C(=O)Cc2ccc(F)cc2)ccc1F. The van der Waals surface area contributed by atoms with Crippen LogP contribution in [0.4, 0.5) is 8.78 Å². The molecular formula is C21H19F2N3O2. The molecule has 1 N–H and O–H groups in total. The average Bonchev–Trinajstić information content (AvgIpc) is 2.71. The smallest absolute Gasteiger partial charge is 0.210 e. The topological polar surface area (TPSA) is 74.5 Å². The molecule has 0 radical (unpaired) electrons. The van der Waals surface area contributed by atoms with Crippen molar-refractivity contribution in [3.8, 4) is 6.07 Å². The van der Waals surface area contributed by atoms with E-state index in [-0.39, 0.29) is 17.8 Å². The minimum atomic E-state index is -1.08. The van der Waals surface area contributed by atoms with Crippen LogP contribution in [0.15, 0.2) is 47.6 Å². The molecule has 7 heteroatoms. The van der Waals surface area contributed by atoms with E-state index in [4.69, 9.17) is 10.1 Å². The summed E-state index contributed by atoms with van der Waals surface area (Å²) in [4.78, 5) is 18.4. The molecule has 1 aliphatic heterocycles. The molecule has 1 saturated heterocycles. The molecule has 2 aromatic rings. The third kappa shape index (κ3) is 4.99. The van der Waals surface area contributed by atoms with Gasteiger partial charge in [0.25, 0.3) is 0 Å². The predicted molar refractivity (Wildman–Crippen MR) is 99.6 cm³/mol. The Bertz CT molecular complexity index is 912. The summed E-state index contributed by atoms with van der Waals surface area (Å²) in [6, 6.07) is 11.2. The highest BCUT2D eigenvalue weighted by Crippen LogP contribution is 2.24. The van der Waals surface area contributed by atoms with Crippen molar-refractivity contribution in [3.63, 3.8) is 0 Å². The summed E-state index contributed by atoms with van der Waals surface area (Å²) >= 11 is 0. The van der Waals surface area contributed by atoms with Gasteiger partial charge in [-0.1, -0.05) is 23.4 Å². The normalized spacial score (nSPS) is 14.8. The van der Waals surface area contributed by atoms with Gasteiger partial charge in [0, 0.05) is 37.9 Å². The molecule has 2 aromatic carbocycles. The van der Waals surface area contributed by atoms with Gasteiger partial charge < -0.3 is 10.2 Å². The minimum absolute atomic E-state index is 0.00335. The van der Waals surface area contributed by atoms with E-state index in [1.165, 1.54) is 36.4 Å². The summed E-state index contributed by atoms with van der Waals surface area (Å²) in [5, 5.41) is 16.4. The van der Waals surface area contributed by atoms with Gasteiger partial charge in [-0.05, 0) is 29.8 Å². The fourth-order valence-corrected chi connectivity index (χ4v) is 2.93. The van der Waals surface area contributed by atoms with Gasteiger partial charge in [-0.3, -0.25) is 4.79 Å². The van der Waals surface area contributed by atoms with E-state index >= 15 is 0 Å². The van der Waals surface area contributed by atoms with Gasteiger partial charge in [0.1, 0.15) is 17.7 Å². The lowest BCUT2D eigenvalue weighted by atomic mass is 9.98. The highest BCUT2D eigenvalue weighted by molar-refractivity contribution is 5.87. The van der Waals surface area contributed by atoms with Crippen molar-refractivity contribution in [2.24, 2.45) is 5.16 Å². The predicted octanol–water partition coefficient (Wildman–Crippen LogP) is 3.45. The van der Waals surface area contributed by atoms with E-state index < -0.39 is 17.7 Å². The third-order valence-electron chi connectivity index (χ3n) is 4.47. The zero-order valence-corrected chi connectivity index (χ0v) is 15.1. The number of carbonyl (C=O) groups is 1. The lowest BCUT2D eigenvalue weighted by Gasteiger charge is -2.18. The van der Waals surface area contributed by atoms with Crippen molar-refractivity contribution in [2.75, 3.05) is 13.1 Å². The van der Waals surface area contributed by atoms with Crippen molar-refractivity contribution in [1.82, 2.24) is 5.32 Å². The van der Waals surface area contributed by atoms with E-state index in [0.717, 1.165) is 24.9 Å². The number of hydrogen-bond acceptors (Lipinski definition) is 5. The van der Waals surface area contributed by atoms with Gasteiger partial charge in [-0.15, -0.1) is 0 Å². The van der Waals surface area contributed by atoms with Gasteiger partial charge in [0.15, 0.2) is 5.78 Å². The fraction of sp³-hybridized carbons (Fsp3) is 0.286. The number of halogens is 2. The fourth-order valence-electron chi connectivity index (χ4n) is 2.93. The van der Waals surface area contributed by atoms with Crippen molar-refractivity contribution < 1.29 is 18.4 Å². The zero-order chi connectivity index (χ0) is 19.9. The molecular weight excluding hydrogens is 364 g/mol. The van der Waals surface area contributed by atoms with Crippen LogP contribution in [0.3, 0.4) is 0 Å². The second-order valence-corrected chi connectivity index (χ2v) is 6.51. The van der Waals surface area contributed by atoms with Crippen LogP contribution in [0.2, 0.25) is 0 Å². The molecule has 1 heterocycles. The zero-order valence-electron chi connectivity index (χ0n) is 15.1. The first kappa shape index (κ1) is 19.6. The second kappa shape index (κ2) is 9.20. The quantitative estimate of drug-likeness (QED) is 0.776. The van der Waals surface area contributed by atoms with E-state index in [1.807, 2.05) is 0 Å². The first-order chi connectivity index (χ1) is 13.6. The molecule has 5 nitrogen and oxygen atoms in total. The number of carbonyl (C=O) groups excluding carboxylic acids is 1. The lowest BCUT2D eigenvalue weighted by Crippen LogP contribution is -2.28. The number of hydrogen-bond donors (Lipinski definition) is 1.